The van der Waals surface area contributed by atoms with Crippen LogP contribution in [0.5, 0.6) is 0 Å². The van der Waals surface area contributed by atoms with Gasteiger partial charge in [-0.2, -0.15) is 0 Å². The van der Waals surface area contributed by atoms with Gasteiger partial charge in [-0.05, 0) is 92.2 Å². The van der Waals surface area contributed by atoms with Gasteiger partial charge in [0.15, 0.2) is 0 Å². The van der Waals surface area contributed by atoms with Crippen molar-refractivity contribution < 1.29 is 14.4 Å². The third-order valence-corrected chi connectivity index (χ3v) is 7.40. The first-order valence-corrected chi connectivity index (χ1v) is 12.9. The summed E-state index contributed by atoms with van der Waals surface area (Å²) in [5.41, 5.74) is 8.60. The SMILES string of the molecule is CC(C(=O)Nc1ccc(N2CC(CNC(=O)c3ccc4ccc(N)cc4c3)CC2=O)cc1)N1CCCC1. The van der Waals surface area contributed by atoms with Crippen molar-refractivity contribution in [3.63, 3.8) is 0 Å². The van der Waals surface area contributed by atoms with Gasteiger partial charge in [-0.3, -0.25) is 19.3 Å². The molecule has 0 spiro atoms. The van der Waals surface area contributed by atoms with E-state index in [1.165, 1.54) is 0 Å². The molecule has 2 fully saturated rings. The van der Waals surface area contributed by atoms with Gasteiger partial charge in [0.1, 0.15) is 0 Å². The van der Waals surface area contributed by atoms with E-state index in [4.69, 9.17) is 5.73 Å². The number of hydrogen-bond donors (Lipinski definition) is 3. The van der Waals surface area contributed by atoms with E-state index < -0.39 is 0 Å². The highest BCUT2D eigenvalue weighted by molar-refractivity contribution is 6.00. The number of hydrogen-bond acceptors (Lipinski definition) is 5. The normalized spacial score (nSPS) is 18.8. The van der Waals surface area contributed by atoms with Crippen LogP contribution in [0.3, 0.4) is 0 Å². The molecule has 2 aliphatic heterocycles. The first kappa shape index (κ1) is 24.8. The van der Waals surface area contributed by atoms with E-state index >= 15 is 0 Å². The average Bonchev–Trinajstić information content (AvgIpc) is 3.57. The number of likely N-dealkylation sites (tertiary alicyclic amines) is 1. The Balaban J connectivity index is 1.15. The summed E-state index contributed by atoms with van der Waals surface area (Å²) in [7, 11) is 0. The van der Waals surface area contributed by atoms with Gasteiger partial charge < -0.3 is 21.3 Å². The van der Waals surface area contributed by atoms with Crippen molar-refractivity contribution in [1.29, 1.82) is 0 Å². The molecule has 0 saturated carbocycles. The van der Waals surface area contributed by atoms with Crippen LogP contribution in [-0.2, 0) is 9.59 Å². The van der Waals surface area contributed by atoms with Crippen molar-refractivity contribution in [3.05, 3.63) is 66.2 Å². The van der Waals surface area contributed by atoms with E-state index in [9.17, 15) is 14.4 Å². The van der Waals surface area contributed by atoms with Crippen molar-refractivity contribution in [2.75, 3.05) is 42.1 Å². The molecular formula is C29H33N5O3. The molecule has 0 radical (unpaired) electrons. The third kappa shape index (κ3) is 5.59. The van der Waals surface area contributed by atoms with Crippen LogP contribution in [-0.4, -0.2) is 54.8 Å². The van der Waals surface area contributed by atoms with Gasteiger partial charge in [0, 0.05) is 48.1 Å². The van der Waals surface area contributed by atoms with E-state index in [0.717, 1.165) is 42.4 Å². The number of rotatable bonds is 7. The number of carbonyl (C=O) groups excluding carboxylic acids is 3. The highest BCUT2D eigenvalue weighted by Gasteiger charge is 2.31. The number of carbonyl (C=O) groups is 3. The number of benzene rings is 3. The molecule has 2 unspecified atom stereocenters. The van der Waals surface area contributed by atoms with Gasteiger partial charge in [0.2, 0.25) is 11.8 Å². The minimum atomic E-state index is -0.168. The van der Waals surface area contributed by atoms with Crippen LogP contribution in [0.2, 0.25) is 0 Å². The Bertz CT molecular complexity index is 1320. The maximum Gasteiger partial charge on any atom is 0.251 e. The lowest BCUT2D eigenvalue weighted by Gasteiger charge is -2.23. The summed E-state index contributed by atoms with van der Waals surface area (Å²) in [6.45, 7) is 4.81. The topological polar surface area (TPSA) is 108 Å². The Labute approximate surface area is 216 Å². The van der Waals surface area contributed by atoms with Crippen LogP contribution >= 0.6 is 0 Å². The lowest BCUT2D eigenvalue weighted by molar-refractivity contribution is -0.120. The minimum absolute atomic E-state index is 0.0161. The monoisotopic (exact) mass is 499 g/mol. The molecule has 0 bridgehead atoms. The molecule has 5 rings (SSSR count). The highest BCUT2D eigenvalue weighted by Crippen LogP contribution is 2.26. The summed E-state index contributed by atoms with van der Waals surface area (Å²) in [6.07, 6.45) is 2.65. The van der Waals surface area contributed by atoms with E-state index in [2.05, 4.69) is 15.5 Å². The Hall–Kier alpha value is -3.91. The summed E-state index contributed by atoms with van der Waals surface area (Å²) in [4.78, 5) is 42.0. The number of fused-ring (bicyclic) bond motifs is 1. The molecule has 0 aromatic heterocycles. The van der Waals surface area contributed by atoms with Crippen molar-refractivity contribution in [2.24, 2.45) is 5.92 Å². The summed E-state index contributed by atoms with van der Waals surface area (Å²) in [5.74, 6) is -0.135. The summed E-state index contributed by atoms with van der Waals surface area (Å²) >= 11 is 0. The summed E-state index contributed by atoms with van der Waals surface area (Å²) in [5, 5.41) is 7.90. The maximum absolute atomic E-state index is 12.7. The smallest absolute Gasteiger partial charge is 0.251 e. The Morgan fingerprint density at radius 1 is 1.00 bits per heavy atom. The number of amides is 3. The van der Waals surface area contributed by atoms with Gasteiger partial charge in [-0.15, -0.1) is 0 Å². The Kier molecular flexibility index (Phi) is 7.10. The largest absolute Gasteiger partial charge is 0.399 e. The molecule has 3 aromatic carbocycles. The summed E-state index contributed by atoms with van der Waals surface area (Å²) in [6, 6.07) is 18.4. The fourth-order valence-electron chi connectivity index (χ4n) is 5.18. The standard InChI is InChI=1S/C29H33N5O3/c1-19(33-12-2-3-13-33)28(36)32-25-8-10-26(11-9-25)34-18-20(14-27(34)35)17-31-29(37)22-5-4-21-6-7-24(30)16-23(21)15-22/h4-11,15-16,19-20H,2-3,12-14,17-18,30H2,1H3,(H,31,37)(H,32,36). The second kappa shape index (κ2) is 10.6. The van der Waals surface area contributed by atoms with E-state index in [1.807, 2.05) is 61.5 Å². The van der Waals surface area contributed by atoms with Crippen LogP contribution in [0.1, 0.15) is 36.5 Å². The molecule has 37 heavy (non-hydrogen) atoms. The zero-order chi connectivity index (χ0) is 25.9. The second-order valence-corrected chi connectivity index (χ2v) is 10.1. The molecule has 8 nitrogen and oxygen atoms in total. The zero-order valence-corrected chi connectivity index (χ0v) is 21.1. The molecule has 0 aliphatic carbocycles. The second-order valence-electron chi connectivity index (χ2n) is 10.1. The molecule has 2 aliphatic rings. The molecule has 4 N–H and O–H groups in total. The van der Waals surface area contributed by atoms with Crippen LogP contribution in [0.15, 0.2) is 60.7 Å². The number of nitrogens with two attached hydrogens (primary N) is 1. The van der Waals surface area contributed by atoms with Crippen molar-refractivity contribution in [3.8, 4) is 0 Å². The molecule has 2 saturated heterocycles. The van der Waals surface area contributed by atoms with Crippen LogP contribution in [0, 0.1) is 5.92 Å². The number of nitrogen functional groups attached to an aromatic ring is 1. The van der Waals surface area contributed by atoms with Gasteiger partial charge in [0.25, 0.3) is 5.91 Å². The molecule has 2 heterocycles. The minimum Gasteiger partial charge on any atom is -0.399 e. The lowest BCUT2D eigenvalue weighted by Crippen LogP contribution is -2.40. The third-order valence-electron chi connectivity index (χ3n) is 7.40. The predicted molar refractivity (Wildman–Crippen MR) is 146 cm³/mol. The van der Waals surface area contributed by atoms with Crippen LogP contribution in [0.25, 0.3) is 10.8 Å². The number of anilines is 3. The Morgan fingerprint density at radius 2 is 1.73 bits per heavy atom. The highest BCUT2D eigenvalue weighted by atomic mass is 16.2. The number of nitrogens with zero attached hydrogens (tertiary/aromatic N) is 2. The molecule has 8 heteroatoms. The molecular weight excluding hydrogens is 466 g/mol. The molecule has 2 atom stereocenters. The zero-order valence-electron chi connectivity index (χ0n) is 21.1. The quantitative estimate of drug-likeness (QED) is 0.431. The molecule has 192 valence electrons. The van der Waals surface area contributed by atoms with E-state index in [-0.39, 0.29) is 29.7 Å². The van der Waals surface area contributed by atoms with Gasteiger partial charge in [-0.25, -0.2) is 0 Å². The van der Waals surface area contributed by atoms with Crippen molar-refractivity contribution in [1.82, 2.24) is 10.2 Å². The fourth-order valence-corrected chi connectivity index (χ4v) is 5.18. The Morgan fingerprint density at radius 3 is 2.49 bits per heavy atom. The molecule has 3 aromatic rings. The number of nitrogens with one attached hydrogen (secondary N) is 2. The maximum atomic E-state index is 12.7. The van der Waals surface area contributed by atoms with Crippen molar-refractivity contribution >= 4 is 45.6 Å². The van der Waals surface area contributed by atoms with Crippen molar-refractivity contribution in [2.45, 2.75) is 32.2 Å². The predicted octanol–water partition coefficient (Wildman–Crippen LogP) is 3.63. The van der Waals surface area contributed by atoms with Gasteiger partial charge in [0.05, 0.1) is 6.04 Å². The van der Waals surface area contributed by atoms with Gasteiger partial charge in [-0.1, -0.05) is 12.1 Å². The summed E-state index contributed by atoms with van der Waals surface area (Å²) < 4.78 is 0. The fraction of sp³-hybridized carbons (Fsp3) is 0.345. The first-order valence-electron chi connectivity index (χ1n) is 12.9. The van der Waals surface area contributed by atoms with E-state index in [1.54, 1.807) is 11.0 Å². The van der Waals surface area contributed by atoms with Crippen LogP contribution in [0.4, 0.5) is 17.1 Å². The van der Waals surface area contributed by atoms with Gasteiger partial charge >= 0.3 is 0 Å². The average molecular weight is 500 g/mol. The molecule has 3 amide bonds. The van der Waals surface area contributed by atoms with Crippen LogP contribution < -0.4 is 21.3 Å². The van der Waals surface area contributed by atoms with E-state index in [0.29, 0.717) is 36.4 Å². The lowest BCUT2D eigenvalue weighted by atomic mass is 10.1. The first-order chi connectivity index (χ1) is 17.9.